The molecule has 1 unspecified atom stereocenters. The van der Waals surface area contributed by atoms with Gasteiger partial charge in [0.2, 0.25) is 0 Å². The summed E-state index contributed by atoms with van der Waals surface area (Å²) in [5.41, 5.74) is 1.09. The van der Waals surface area contributed by atoms with Crippen molar-refractivity contribution in [1.29, 1.82) is 0 Å². The Bertz CT molecular complexity index is 357. The highest BCUT2D eigenvalue weighted by molar-refractivity contribution is 8.78. The Labute approximate surface area is 86.2 Å². The summed E-state index contributed by atoms with van der Waals surface area (Å²) >= 11 is 0. The first kappa shape index (κ1) is 8.80. The molecule has 0 N–H and O–H groups in total. The van der Waals surface area contributed by atoms with Crippen molar-refractivity contribution in [2.45, 2.75) is 5.25 Å². The summed E-state index contributed by atoms with van der Waals surface area (Å²) in [6, 6.07) is 10.1. The van der Waals surface area contributed by atoms with Crippen molar-refractivity contribution < 1.29 is 0 Å². The van der Waals surface area contributed by atoms with Gasteiger partial charge in [0.25, 0.3) is 0 Å². The van der Waals surface area contributed by atoms with Gasteiger partial charge in [-0.25, -0.2) is 0 Å². The van der Waals surface area contributed by atoms with Gasteiger partial charge in [0.1, 0.15) is 0 Å². The largest absolute Gasteiger partial charge is 0.0955 e. The zero-order valence-corrected chi connectivity index (χ0v) is 8.57. The smallest absolute Gasteiger partial charge is 0.0783 e. The summed E-state index contributed by atoms with van der Waals surface area (Å²) < 4.78 is 0. The van der Waals surface area contributed by atoms with Crippen LogP contribution in [0.25, 0.3) is 0 Å². The number of hydrogen-bond donors (Lipinski definition) is 0. The lowest BCUT2D eigenvalue weighted by molar-refractivity contribution is 1.52. The van der Waals surface area contributed by atoms with Crippen LogP contribution in [0.2, 0.25) is 0 Å². The summed E-state index contributed by atoms with van der Waals surface area (Å²) in [6.45, 7) is 0. The molecule has 1 heterocycles. The maximum atomic E-state index is 3.20. The Hall–Kier alpha value is -0.780. The average molecular weight is 204 g/mol. The van der Waals surface area contributed by atoms with Crippen molar-refractivity contribution in [3.05, 3.63) is 47.4 Å². The molecule has 1 aromatic rings. The van der Waals surface area contributed by atoms with Gasteiger partial charge in [-0.3, -0.25) is 0 Å². The molecule has 2 rings (SSSR count). The molecule has 13 heavy (non-hydrogen) atoms. The SMILES string of the molecule is C(#CC1C=CSS1)c1ccccc1. The van der Waals surface area contributed by atoms with Crippen LogP contribution in [0, 0.1) is 11.8 Å². The van der Waals surface area contributed by atoms with Gasteiger partial charge in [0, 0.05) is 5.56 Å². The van der Waals surface area contributed by atoms with Gasteiger partial charge in [0.05, 0.1) is 5.25 Å². The van der Waals surface area contributed by atoms with Crippen molar-refractivity contribution >= 4 is 21.6 Å². The normalized spacial score (nSPS) is 19.5. The second-order valence-electron chi connectivity index (χ2n) is 2.58. The standard InChI is InChI=1S/C11H8S2/c1-2-4-10(5-3-1)6-7-11-8-9-12-13-11/h1-5,8-9,11H. The average Bonchev–Trinajstić information content (AvgIpc) is 2.69. The van der Waals surface area contributed by atoms with Gasteiger partial charge in [-0.05, 0) is 17.5 Å². The highest BCUT2D eigenvalue weighted by Gasteiger charge is 2.05. The fraction of sp³-hybridized carbons (Fsp3) is 0.0909. The molecule has 0 fully saturated rings. The number of rotatable bonds is 0. The molecule has 0 nitrogen and oxygen atoms in total. The van der Waals surface area contributed by atoms with Gasteiger partial charge in [-0.2, -0.15) is 0 Å². The Morgan fingerprint density at radius 3 is 2.69 bits per heavy atom. The number of benzene rings is 1. The molecule has 1 atom stereocenters. The van der Waals surface area contributed by atoms with Crippen LogP contribution >= 0.6 is 21.6 Å². The van der Waals surface area contributed by atoms with Gasteiger partial charge in [-0.1, -0.05) is 57.7 Å². The van der Waals surface area contributed by atoms with Gasteiger partial charge >= 0.3 is 0 Å². The van der Waals surface area contributed by atoms with Crippen LogP contribution in [0.15, 0.2) is 41.8 Å². The molecule has 1 aliphatic rings. The van der Waals surface area contributed by atoms with E-state index in [1.165, 1.54) is 0 Å². The van der Waals surface area contributed by atoms with E-state index in [1.807, 2.05) is 30.3 Å². The Morgan fingerprint density at radius 1 is 1.15 bits per heavy atom. The molecule has 0 saturated heterocycles. The van der Waals surface area contributed by atoms with E-state index in [4.69, 9.17) is 0 Å². The van der Waals surface area contributed by atoms with Gasteiger partial charge in [-0.15, -0.1) is 0 Å². The van der Waals surface area contributed by atoms with Crippen LogP contribution in [-0.2, 0) is 0 Å². The Balaban J connectivity index is 2.08. The van der Waals surface area contributed by atoms with E-state index in [0.717, 1.165) is 5.56 Å². The van der Waals surface area contributed by atoms with Crippen LogP contribution in [-0.4, -0.2) is 5.25 Å². The zero-order valence-electron chi connectivity index (χ0n) is 6.94. The summed E-state index contributed by atoms with van der Waals surface area (Å²) in [4.78, 5) is 0. The molecule has 0 radical (unpaired) electrons. The topological polar surface area (TPSA) is 0 Å². The lowest BCUT2D eigenvalue weighted by atomic mass is 10.2. The lowest BCUT2D eigenvalue weighted by Gasteiger charge is -1.92. The van der Waals surface area contributed by atoms with Crippen molar-refractivity contribution in [2.24, 2.45) is 0 Å². The van der Waals surface area contributed by atoms with E-state index in [9.17, 15) is 0 Å². The second kappa shape index (κ2) is 4.45. The van der Waals surface area contributed by atoms with Crippen molar-refractivity contribution in [2.75, 3.05) is 0 Å². The highest BCUT2D eigenvalue weighted by atomic mass is 33.1. The molecule has 64 valence electrons. The van der Waals surface area contributed by atoms with E-state index in [-0.39, 0.29) is 0 Å². The fourth-order valence-electron chi connectivity index (χ4n) is 0.976. The minimum atomic E-state index is 0.366. The van der Waals surface area contributed by atoms with Crippen LogP contribution in [0.1, 0.15) is 5.56 Å². The minimum Gasteiger partial charge on any atom is -0.0783 e. The minimum absolute atomic E-state index is 0.366. The second-order valence-corrected chi connectivity index (χ2v) is 4.90. The molecule has 1 aliphatic heterocycles. The van der Waals surface area contributed by atoms with E-state index in [2.05, 4.69) is 23.3 Å². The molecule has 0 aromatic heterocycles. The molecular formula is C11H8S2. The highest BCUT2D eigenvalue weighted by Crippen LogP contribution is 2.34. The van der Waals surface area contributed by atoms with Crippen LogP contribution in [0.5, 0.6) is 0 Å². The van der Waals surface area contributed by atoms with E-state index in [0.29, 0.717) is 5.25 Å². The molecule has 0 amide bonds. The monoisotopic (exact) mass is 204 g/mol. The summed E-state index contributed by atoms with van der Waals surface area (Å²) in [7, 11) is 3.54. The van der Waals surface area contributed by atoms with Crippen molar-refractivity contribution in [1.82, 2.24) is 0 Å². The maximum absolute atomic E-state index is 3.20. The van der Waals surface area contributed by atoms with E-state index >= 15 is 0 Å². The van der Waals surface area contributed by atoms with Gasteiger partial charge < -0.3 is 0 Å². The molecule has 0 spiro atoms. The molecule has 0 aliphatic carbocycles. The summed E-state index contributed by atoms with van der Waals surface area (Å²) in [6.07, 6.45) is 2.13. The third kappa shape index (κ3) is 2.58. The third-order valence-electron chi connectivity index (χ3n) is 1.60. The molecule has 0 bridgehead atoms. The number of hydrogen-bond acceptors (Lipinski definition) is 2. The quantitative estimate of drug-likeness (QED) is 0.469. The first-order chi connectivity index (χ1) is 6.45. The van der Waals surface area contributed by atoms with E-state index in [1.54, 1.807) is 21.6 Å². The van der Waals surface area contributed by atoms with Crippen LogP contribution < -0.4 is 0 Å². The summed E-state index contributed by atoms with van der Waals surface area (Å²) in [5, 5.41) is 2.46. The molecular weight excluding hydrogens is 196 g/mol. The van der Waals surface area contributed by atoms with Crippen LogP contribution in [0.4, 0.5) is 0 Å². The molecule has 2 heteroatoms. The molecule has 1 aromatic carbocycles. The Morgan fingerprint density at radius 2 is 2.00 bits per heavy atom. The van der Waals surface area contributed by atoms with Crippen LogP contribution in [0.3, 0.4) is 0 Å². The zero-order chi connectivity index (χ0) is 8.93. The lowest BCUT2D eigenvalue weighted by Crippen LogP contribution is -1.86. The maximum Gasteiger partial charge on any atom is 0.0955 e. The van der Waals surface area contributed by atoms with Gasteiger partial charge in [0.15, 0.2) is 0 Å². The van der Waals surface area contributed by atoms with Crippen molar-refractivity contribution in [3.8, 4) is 11.8 Å². The molecule has 0 saturated carbocycles. The summed E-state index contributed by atoms with van der Waals surface area (Å²) in [5.74, 6) is 6.35. The predicted octanol–water partition coefficient (Wildman–Crippen LogP) is 3.32. The fourth-order valence-corrected chi connectivity index (χ4v) is 2.81. The predicted molar refractivity (Wildman–Crippen MR) is 61.4 cm³/mol. The first-order valence-corrected chi connectivity index (χ1v) is 6.28. The first-order valence-electron chi connectivity index (χ1n) is 4.00. The van der Waals surface area contributed by atoms with E-state index < -0.39 is 0 Å². The third-order valence-corrected chi connectivity index (χ3v) is 3.75. The Kier molecular flexibility index (Phi) is 3.02. The van der Waals surface area contributed by atoms with Crippen molar-refractivity contribution in [3.63, 3.8) is 0 Å².